The van der Waals surface area contributed by atoms with Crippen molar-refractivity contribution >= 4 is 11.6 Å². The Morgan fingerprint density at radius 2 is 1.12 bits per heavy atom. The van der Waals surface area contributed by atoms with Gasteiger partial charge in [-0.3, -0.25) is 9.59 Å². The van der Waals surface area contributed by atoms with Crippen molar-refractivity contribution in [3.63, 3.8) is 0 Å². The van der Waals surface area contributed by atoms with Crippen molar-refractivity contribution < 1.29 is 29.6 Å². The normalized spacial score (nSPS) is 12.9. The molecule has 6 nitrogen and oxygen atoms in total. The number of hydrogen-bond acceptors (Lipinski definition) is 6. The van der Waals surface area contributed by atoms with E-state index in [-0.39, 0.29) is 23.6 Å². The zero-order chi connectivity index (χ0) is 25.6. The SMILES string of the molecule is CC(C)(O)C(=O)c1ccc(C(C)(C)C)cc1.CC(O)COc1ccc(C(=O)C(C)(C)O)cc1. The van der Waals surface area contributed by atoms with Crippen LogP contribution in [0.4, 0.5) is 0 Å². The molecule has 6 heteroatoms. The lowest BCUT2D eigenvalue weighted by Gasteiger charge is -2.20. The number of carbonyl (C=O) groups is 2. The molecule has 1 atom stereocenters. The lowest BCUT2D eigenvalue weighted by atomic mass is 9.85. The molecular formula is C27H38O6. The fourth-order valence-electron chi connectivity index (χ4n) is 2.75. The zero-order valence-corrected chi connectivity index (χ0v) is 21.0. The first-order valence-corrected chi connectivity index (χ1v) is 11.0. The number of ketones is 2. The third kappa shape index (κ3) is 9.46. The first-order valence-electron chi connectivity index (χ1n) is 11.0. The molecule has 0 saturated heterocycles. The van der Waals surface area contributed by atoms with Crippen molar-refractivity contribution in [1.82, 2.24) is 0 Å². The minimum atomic E-state index is -1.37. The Morgan fingerprint density at radius 1 is 0.758 bits per heavy atom. The molecule has 0 amide bonds. The van der Waals surface area contributed by atoms with Gasteiger partial charge in [0.2, 0.25) is 0 Å². The van der Waals surface area contributed by atoms with Gasteiger partial charge in [-0.05, 0) is 69.9 Å². The minimum absolute atomic E-state index is 0.0797. The number of benzene rings is 2. The Hall–Kier alpha value is -2.54. The van der Waals surface area contributed by atoms with E-state index in [9.17, 15) is 19.8 Å². The molecule has 0 spiro atoms. The summed E-state index contributed by atoms with van der Waals surface area (Å²) in [7, 11) is 0. The summed E-state index contributed by atoms with van der Waals surface area (Å²) in [6, 6.07) is 13.9. The van der Waals surface area contributed by atoms with Crippen LogP contribution in [0.25, 0.3) is 0 Å². The Balaban J connectivity index is 0.000000331. The van der Waals surface area contributed by atoms with E-state index in [0.29, 0.717) is 16.9 Å². The molecule has 33 heavy (non-hydrogen) atoms. The first kappa shape index (κ1) is 28.5. The van der Waals surface area contributed by atoms with E-state index in [1.807, 2.05) is 12.1 Å². The monoisotopic (exact) mass is 458 g/mol. The molecule has 0 aliphatic carbocycles. The topological polar surface area (TPSA) is 104 Å². The van der Waals surface area contributed by atoms with Crippen LogP contribution in [0.5, 0.6) is 5.75 Å². The number of hydrogen-bond donors (Lipinski definition) is 3. The zero-order valence-electron chi connectivity index (χ0n) is 21.0. The highest BCUT2D eigenvalue weighted by Crippen LogP contribution is 2.23. The van der Waals surface area contributed by atoms with Crippen LogP contribution in [0.3, 0.4) is 0 Å². The predicted molar refractivity (Wildman–Crippen MR) is 130 cm³/mol. The van der Waals surface area contributed by atoms with E-state index >= 15 is 0 Å². The number of ether oxygens (including phenoxy) is 1. The van der Waals surface area contributed by atoms with Gasteiger partial charge < -0.3 is 20.1 Å². The molecule has 2 rings (SSSR count). The molecule has 0 aliphatic rings. The van der Waals surface area contributed by atoms with Crippen LogP contribution in [-0.2, 0) is 5.41 Å². The standard InChI is InChI=1S/C14H20O2.C13H18O4/c1-13(2,3)11-8-6-10(7-9-11)12(15)14(4,5)16;1-9(14)8-17-11-6-4-10(5-7-11)12(15)13(2,3)16/h6-9,16H,1-5H3;4-7,9,14,16H,8H2,1-3H3. The summed E-state index contributed by atoms with van der Waals surface area (Å²) in [6.45, 7) is 14.1. The van der Waals surface area contributed by atoms with E-state index < -0.39 is 17.3 Å². The average Bonchev–Trinajstić information content (AvgIpc) is 2.70. The van der Waals surface area contributed by atoms with Gasteiger partial charge in [0.25, 0.3) is 0 Å². The Morgan fingerprint density at radius 3 is 1.42 bits per heavy atom. The average molecular weight is 459 g/mol. The molecule has 0 heterocycles. The third-order valence-electron chi connectivity index (χ3n) is 4.73. The maximum Gasteiger partial charge on any atom is 0.193 e. The second-order valence-corrected chi connectivity index (χ2v) is 10.3. The quantitative estimate of drug-likeness (QED) is 0.533. The van der Waals surface area contributed by atoms with Gasteiger partial charge in [-0.1, -0.05) is 45.0 Å². The largest absolute Gasteiger partial charge is 0.491 e. The van der Waals surface area contributed by atoms with Gasteiger partial charge in [-0.15, -0.1) is 0 Å². The molecule has 2 aromatic rings. The summed E-state index contributed by atoms with van der Waals surface area (Å²) in [5.74, 6) is 0.00531. The Kier molecular flexibility index (Phi) is 9.54. The highest BCUT2D eigenvalue weighted by molar-refractivity contribution is 6.02. The first-order chi connectivity index (χ1) is 14.9. The number of aliphatic hydroxyl groups is 3. The molecule has 0 bridgehead atoms. The van der Waals surface area contributed by atoms with Gasteiger partial charge in [-0.25, -0.2) is 0 Å². The van der Waals surface area contributed by atoms with Gasteiger partial charge in [0.05, 0.1) is 6.10 Å². The van der Waals surface area contributed by atoms with Crippen LogP contribution in [0.15, 0.2) is 48.5 Å². The van der Waals surface area contributed by atoms with Crippen LogP contribution in [0, 0.1) is 0 Å². The van der Waals surface area contributed by atoms with E-state index in [2.05, 4.69) is 20.8 Å². The van der Waals surface area contributed by atoms with Gasteiger partial charge in [0.15, 0.2) is 11.6 Å². The highest BCUT2D eigenvalue weighted by atomic mass is 16.5. The van der Waals surface area contributed by atoms with E-state index in [1.165, 1.54) is 33.3 Å². The van der Waals surface area contributed by atoms with E-state index in [4.69, 9.17) is 9.84 Å². The molecule has 0 fully saturated rings. The highest BCUT2D eigenvalue weighted by Gasteiger charge is 2.26. The second-order valence-electron chi connectivity index (χ2n) is 10.3. The summed E-state index contributed by atoms with van der Waals surface area (Å²) in [4.78, 5) is 23.5. The van der Waals surface area contributed by atoms with Crippen molar-refractivity contribution in [1.29, 1.82) is 0 Å². The summed E-state index contributed by atoms with van der Waals surface area (Å²) < 4.78 is 5.26. The summed E-state index contributed by atoms with van der Waals surface area (Å²) in [5, 5.41) is 28.2. The van der Waals surface area contributed by atoms with Crippen molar-refractivity contribution in [3.05, 3.63) is 65.2 Å². The Labute approximate surface area is 197 Å². The molecule has 0 aliphatic heterocycles. The van der Waals surface area contributed by atoms with Gasteiger partial charge in [0.1, 0.15) is 23.6 Å². The minimum Gasteiger partial charge on any atom is -0.491 e. The predicted octanol–water partition coefficient (Wildman–Crippen LogP) is 4.34. The van der Waals surface area contributed by atoms with Crippen LogP contribution in [0.1, 0.15) is 81.7 Å². The molecule has 2 aromatic carbocycles. The molecule has 0 saturated carbocycles. The maximum absolute atomic E-state index is 11.8. The number of carbonyl (C=O) groups excluding carboxylic acids is 2. The van der Waals surface area contributed by atoms with Gasteiger partial charge in [-0.2, -0.15) is 0 Å². The summed E-state index contributed by atoms with van der Waals surface area (Å²) >= 11 is 0. The van der Waals surface area contributed by atoms with Gasteiger partial charge >= 0.3 is 0 Å². The summed E-state index contributed by atoms with van der Waals surface area (Å²) in [6.07, 6.45) is -0.535. The summed E-state index contributed by atoms with van der Waals surface area (Å²) in [5.41, 5.74) is -0.427. The Bertz CT molecular complexity index is 906. The fourth-order valence-corrected chi connectivity index (χ4v) is 2.75. The molecule has 0 radical (unpaired) electrons. The molecule has 1 unspecified atom stereocenters. The lowest BCUT2D eigenvalue weighted by molar-refractivity contribution is 0.0487. The van der Waals surface area contributed by atoms with Crippen LogP contribution < -0.4 is 4.74 Å². The third-order valence-corrected chi connectivity index (χ3v) is 4.73. The number of Topliss-reactive ketones (excluding diaryl/α,β-unsaturated/α-hetero) is 2. The smallest absolute Gasteiger partial charge is 0.193 e. The molecule has 0 aromatic heterocycles. The van der Waals surface area contributed by atoms with E-state index in [1.54, 1.807) is 43.3 Å². The number of rotatable bonds is 7. The molecular weight excluding hydrogens is 420 g/mol. The van der Waals surface area contributed by atoms with Crippen LogP contribution in [-0.4, -0.2) is 50.8 Å². The fraction of sp³-hybridized carbons (Fsp3) is 0.481. The molecule has 3 N–H and O–H groups in total. The van der Waals surface area contributed by atoms with E-state index in [0.717, 1.165) is 0 Å². The maximum atomic E-state index is 11.8. The van der Waals surface area contributed by atoms with Crippen LogP contribution in [0.2, 0.25) is 0 Å². The van der Waals surface area contributed by atoms with Crippen molar-refractivity contribution in [3.8, 4) is 5.75 Å². The lowest BCUT2D eigenvalue weighted by Crippen LogP contribution is -2.31. The van der Waals surface area contributed by atoms with Gasteiger partial charge in [0, 0.05) is 11.1 Å². The van der Waals surface area contributed by atoms with Crippen molar-refractivity contribution in [2.75, 3.05) is 6.61 Å². The number of aliphatic hydroxyl groups excluding tert-OH is 1. The van der Waals surface area contributed by atoms with Crippen molar-refractivity contribution in [2.24, 2.45) is 0 Å². The van der Waals surface area contributed by atoms with Crippen LogP contribution >= 0.6 is 0 Å². The molecule has 182 valence electrons. The second kappa shape index (κ2) is 11.1. The van der Waals surface area contributed by atoms with Crippen molar-refractivity contribution in [2.45, 2.75) is 78.1 Å².